The largest absolute Gasteiger partial charge is 0.381 e. The summed E-state index contributed by atoms with van der Waals surface area (Å²) in [6, 6.07) is 4.32. The number of nitrogens with one attached hydrogen (secondary N) is 2. The van der Waals surface area contributed by atoms with Crippen LogP contribution in [-0.4, -0.2) is 49.8 Å². The van der Waals surface area contributed by atoms with Crippen molar-refractivity contribution < 1.29 is 13.9 Å². The van der Waals surface area contributed by atoms with Crippen LogP contribution in [0.2, 0.25) is 0 Å². The van der Waals surface area contributed by atoms with Gasteiger partial charge >= 0.3 is 6.03 Å². The minimum Gasteiger partial charge on any atom is -0.381 e. The fourth-order valence-electron chi connectivity index (χ4n) is 3.43. The highest BCUT2D eigenvalue weighted by Gasteiger charge is 2.24. The average molecular weight is 335 g/mol. The maximum Gasteiger partial charge on any atom is 0.319 e. The molecule has 132 valence electrons. The first kappa shape index (κ1) is 17.2. The van der Waals surface area contributed by atoms with Gasteiger partial charge in [-0.25, -0.2) is 9.18 Å². The number of urea groups is 1. The smallest absolute Gasteiger partial charge is 0.319 e. The number of carbonyl (C=O) groups is 1. The quantitative estimate of drug-likeness (QED) is 0.890. The van der Waals surface area contributed by atoms with Crippen LogP contribution in [-0.2, 0) is 4.74 Å². The van der Waals surface area contributed by atoms with E-state index in [2.05, 4.69) is 15.5 Å². The maximum atomic E-state index is 13.3. The number of aryl methyl sites for hydroxylation is 1. The summed E-state index contributed by atoms with van der Waals surface area (Å²) >= 11 is 0. The van der Waals surface area contributed by atoms with Crippen LogP contribution in [0.1, 0.15) is 24.8 Å². The first-order chi connectivity index (χ1) is 11.6. The van der Waals surface area contributed by atoms with Crippen molar-refractivity contribution in [2.45, 2.75) is 32.2 Å². The topological polar surface area (TPSA) is 53.6 Å². The minimum atomic E-state index is -0.347. The number of rotatable bonds is 4. The molecular weight excluding hydrogens is 309 g/mol. The molecule has 2 aliphatic rings. The van der Waals surface area contributed by atoms with E-state index in [-0.39, 0.29) is 17.9 Å². The second kappa shape index (κ2) is 7.94. The second-order valence-electron chi connectivity index (χ2n) is 6.86. The lowest BCUT2D eigenvalue weighted by atomic mass is 10.0. The molecule has 0 radical (unpaired) electrons. The number of amides is 2. The predicted octanol–water partition coefficient (Wildman–Crippen LogP) is 2.76. The summed E-state index contributed by atoms with van der Waals surface area (Å²) in [5, 5.41) is 5.75. The Hall–Kier alpha value is -1.66. The zero-order valence-corrected chi connectivity index (χ0v) is 14.2. The fraction of sp³-hybridized carbons (Fsp3) is 0.611. The number of halogens is 1. The summed E-state index contributed by atoms with van der Waals surface area (Å²) in [7, 11) is 0. The van der Waals surface area contributed by atoms with Gasteiger partial charge in [0.2, 0.25) is 0 Å². The van der Waals surface area contributed by atoms with Gasteiger partial charge in [0.15, 0.2) is 0 Å². The van der Waals surface area contributed by atoms with E-state index in [9.17, 15) is 9.18 Å². The van der Waals surface area contributed by atoms with E-state index >= 15 is 0 Å². The third-order valence-corrected chi connectivity index (χ3v) is 4.91. The van der Waals surface area contributed by atoms with Crippen LogP contribution >= 0.6 is 0 Å². The van der Waals surface area contributed by atoms with Crippen LogP contribution in [0.15, 0.2) is 18.2 Å². The lowest BCUT2D eigenvalue weighted by Gasteiger charge is -2.33. The van der Waals surface area contributed by atoms with Crippen LogP contribution in [0.4, 0.5) is 14.9 Å². The Bertz CT molecular complexity index is 567. The Morgan fingerprint density at radius 2 is 2.12 bits per heavy atom. The number of hydrogen-bond acceptors (Lipinski definition) is 3. The minimum absolute atomic E-state index is 0.176. The Labute approximate surface area is 142 Å². The molecule has 1 atom stereocenters. The van der Waals surface area contributed by atoms with Crippen LogP contribution in [0, 0.1) is 18.7 Å². The molecule has 2 N–H and O–H groups in total. The summed E-state index contributed by atoms with van der Waals surface area (Å²) in [6.45, 7) is 6.72. The molecule has 5 nitrogen and oxygen atoms in total. The van der Waals surface area contributed by atoms with Crippen molar-refractivity contribution >= 4 is 11.7 Å². The second-order valence-corrected chi connectivity index (χ2v) is 6.86. The van der Waals surface area contributed by atoms with Gasteiger partial charge in [0.05, 0.1) is 6.61 Å². The number of anilines is 1. The molecule has 0 saturated carbocycles. The number of carbonyl (C=O) groups excluding carboxylic acids is 1. The highest BCUT2D eigenvalue weighted by Crippen LogP contribution is 2.19. The monoisotopic (exact) mass is 335 g/mol. The Morgan fingerprint density at radius 3 is 2.83 bits per heavy atom. The molecule has 2 heterocycles. The third kappa shape index (κ3) is 4.68. The Morgan fingerprint density at radius 1 is 1.33 bits per heavy atom. The highest BCUT2D eigenvalue weighted by atomic mass is 19.1. The van der Waals surface area contributed by atoms with Gasteiger partial charge in [-0.3, -0.25) is 0 Å². The summed E-state index contributed by atoms with van der Waals surface area (Å²) < 4.78 is 18.7. The number of likely N-dealkylation sites (tertiary alicyclic amines) is 1. The molecule has 0 aliphatic carbocycles. The van der Waals surface area contributed by atoms with Crippen LogP contribution in [0.3, 0.4) is 0 Å². The van der Waals surface area contributed by atoms with Gasteiger partial charge in [0.1, 0.15) is 5.82 Å². The molecule has 24 heavy (non-hydrogen) atoms. The van der Waals surface area contributed by atoms with Gasteiger partial charge in [-0.15, -0.1) is 0 Å². The standard InChI is InChI=1S/C18H26FN3O2/c1-13-2-3-15(19)10-17(13)21-18(23)20-16-4-7-22(8-5-16)11-14-6-9-24-12-14/h2-3,10,14,16H,4-9,11-12H2,1H3,(H2,20,21,23). The van der Waals surface area contributed by atoms with Crippen molar-refractivity contribution in [1.29, 1.82) is 0 Å². The molecule has 2 aliphatic heterocycles. The van der Waals surface area contributed by atoms with E-state index in [1.807, 2.05) is 6.92 Å². The van der Waals surface area contributed by atoms with E-state index in [4.69, 9.17) is 4.74 Å². The van der Waals surface area contributed by atoms with Gasteiger partial charge in [0, 0.05) is 38.0 Å². The van der Waals surface area contributed by atoms with Crippen LogP contribution < -0.4 is 10.6 Å². The summed E-state index contributed by atoms with van der Waals surface area (Å²) in [5.74, 6) is 0.314. The van der Waals surface area contributed by atoms with E-state index in [0.29, 0.717) is 11.6 Å². The lowest BCUT2D eigenvalue weighted by Crippen LogP contribution is -2.47. The summed E-state index contributed by atoms with van der Waals surface area (Å²) in [5.41, 5.74) is 1.37. The summed E-state index contributed by atoms with van der Waals surface area (Å²) in [6.07, 6.45) is 3.06. The van der Waals surface area contributed by atoms with Crippen LogP contribution in [0.5, 0.6) is 0 Å². The van der Waals surface area contributed by atoms with Crippen molar-refractivity contribution in [1.82, 2.24) is 10.2 Å². The van der Waals surface area contributed by atoms with Gasteiger partial charge in [-0.2, -0.15) is 0 Å². The molecule has 2 fully saturated rings. The number of piperidine rings is 1. The SMILES string of the molecule is Cc1ccc(F)cc1NC(=O)NC1CCN(CC2CCOC2)CC1. The van der Waals surface area contributed by atoms with Crippen molar-refractivity contribution in [3.05, 3.63) is 29.6 Å². The molecule has 1 aromatic rings. The number of hydrogen-bond donors (Lipinski definition) is 2. The van der Waals surface area contributed by atoms with Crippen molar-refractivity contribution in [3.8, 4) is 0 Å². The molecular formula is C18H26FN3O2. The Balaban J connectivity index is 1.42. The fourth-order valence-corrected chi connectivity index (χ4v) is 3.43. The zero-order chi connectivity index (χ0) is 16.9. The molecule has 6 heteroatoms. The first-order valence-corrected chi connectivity index (χ1v) is 8.74. The van der Waals surface area contributed by atoms with Gasteiger partial charge in [0.25, 0.3) is 0 Å². The predicted molar refractivity (Wildman–Crippen MR) is 91.7 cm³/mol. The van der Waals surface area contributed by atoms with E-state index in [1.165, 1.54) is 12.1 Å². The number of ether oxygens (including phenoxy) is 1. The maximum absolute atomic E-state index is 13.3. The Kier molecular flexibility index (Phi) is 5.68. The van der Waals surface area contributed by atoms with E-state index < -0.39 is 0 Å². The number of benzene rings is 1. The molecule has 0 bridgehead atoms. The molecule has 1 aromatic carbocycles. The molecule has 3 rings (SSSR count). The van der Waals surface area contributed by atoms with E-state index in [0.717, 1.165) is 57.7 Å². The lowest BCUT2D eigenvalue weighted by molar-refractivity contribution is 0.148. The molecule has 0 aromatic heterocycles. The van der Waals surface area contributed by atoms with Crippen molar-refractivity contribution in [2.75, 3.05) is 38.2 Å². The molecule has 1 unspecified atom stereocenters. The first-order valence-electron chi connectivity index (χ1n) is 8.74. The van der Waals surface area contributed by atoms with Gasteiger partial charge in [-0.05, 0) is 49.8 Å². The molecule has 2 saturated heterocycles. The molecule has 2 amide bonds. The number of nitrogens with zero attached hydrogens (tertiary/aromatic N) is 1. The van der Waals surface area contributed by atoms with Crippen LogP contribution in [0.25, 0.3) is 0 Å². The molecule has 0 spiro atoms. The van der Waals surface area contributed by atoms with Crippen molar-refractivity contribution in [3.63, 3.8) is 0 Å². The average Bonchev–Trinajstić information content (AvgIpc) is 3.06. The van der Waals surface area contributed by atoms with Gasteiger partial charge < -0.3 is 20.3 Å². The highest BCUT2D eigenvalue weighted by molar-refractivity contribution is 5.90. The van der Waals surface area contributed by atoms with E-state index in [1.54, 1.807) is 6.07 Å². The third-order valence-electron chi connectivity index (χ3n) is 4.91. The van der Waals surface area contributed by atoms with Gasteiger partial charge in [-0.1, -0.05) is 6.07 Å². The summed E-state index contributed by atoms with van der Waals surface area (Å²) in [4.78, 5) is 14.6. The zero-order valence-electron chi connectivity index (χ0n) is 14.2. The normalized spacial score (nSPS) is 22.5. The van der Waals surface area contributed by atoms with Crippen molar-refractivity contribution in [2.24, 2.45) is 5.92 Å².